The van der Waals surface area contributed by atoms with E-state index in [-0.39, 0.29) is 0 Å². The lowest BCUT2D eigenvalue weighted by atomic mass is 9.87. The Kier molecular flexibility index (Phi) is 2.49. The van der Waals surface area contributed by atoms with E-state index in [0.717, 1.165) is 5.92 Å². The Hall–Kier alpha value is -1.04. The minimum absolute atomic E-state index is 0.633. The molecule has 0 aromatic heterocycles. The second-order valence-electron chi connectivity index (χ2n) is 3.93. The summed E-state index contributed by atoms with van der Waals surface area (Å²) >= 11 is 0. The SMILES string of the molecule is CC1C=CC(C2C=CC=CC2)=CC1. The van der Waals surface area contributed by atoms with E-state index in [2.05, 4.69) is 49.5 Å². The van der Waals surface area contributed by atoms with Gasteiger partial charge < -0.3 is 0 Å². The first-order chi connectivity index (χ1) is 6.36. The fourth-order valence-electron chi connectivity index (χ4n) is 1.85. The maximum atomic E-state index is 2.39. The van der Waals surface area contributed by atoms with Crippen LogP contribution in [0.15, 0.2) is 48.1 Å². The zero-order valence-corrected chi connectivity index (χ0v) is 8.11. The van der Waals surface area contributed by atoms with Gasteiger partial charge >= 0.3 is 0 Å². The van der Waals surface area contributed by atoms with Crippen LogP contribution in [0.1, 0.15) is 19.8 Å². The molecule has 0 heteroatoms. The van der Waals surface area contributed by atoms with Crippen LogP contribution >= 0.6 is 0 Å². The predicted molar refractivity (Wildman–Crippen MR) is 57.4 cm³/mol. The number of rotatable bonds is 1. The molecule has 0 N–H and O–H groups in total. The van der Waals surface area contributed by atoms with Crippen LogP contribution in [0.3, 0.4) is 0 Å². The zero-order valence-electron chi connectivity index (χ0n) is 8.11. The first-order valence-corrected chi connectivity index (χ1v) is 5.08. The summed E-state index contributed by atoms with van der Waals surface area (Å²) < 4.78 is 0. The number of hydrogen-bond donors (Lipinski definition) is 0. The van der Waals surface area contributed by atoms with E-state index in [1.165, 1.54) is 18.4 Å². The highest BCUT2D eigenvalue weighted by atomic mass is 14.2. The molecule has 0 aromatic carbocycles. The van der Waals surface area contributed by atoms with Crippen LogP contribution < -0.4 is 0 Å². The standard InChI is InChI=1S/C13H16/c1-11-7-9-13(10-8-11)12-5-3-2-4-6-12/h2-5,7,9-12H,6,8H2,1H3. The number of hydrogen-bond acceptors (Lipinski definition) is 0. The predicted octanol–water partition coefficient (Wildman–Crippen LogP) is 3.64. The Morgan fingerprint density at radius 2 is 2.08 bits per heavy atom. The maximum Gasteiger partial charge on any atom is 0.00524 e. The molecule has 0 spiro atoms. The van der Waals surface area contributed by atoms with Crippen molar-refractivity contribution in [2.75, 3.05) is 0 Å². The summed E-state index contributed by atoms with van der Waals surface area (Å²) in [6.07, 6.45) is 18.2. The van der Waals surface area contributed by atoms with E-state index < -0.39 is 0 Å². The third-order valence-electron chi connectivity index (χ3n) is 2.75. The molecule has 0 radical (unpaired) electrons. The minimum Gasteiger partial charge on any atom is -0.0836 e. The maximum absolute atomic E-state index is 2.39. The third kappa shape index (κ3) is 2.00. The van der Waals surface area contributed by atoms with Crippen molar-refractivity contribution in [2.24, 2.45) is 11.8 Å². The summed E-state index contributed by atoms with van der Waals surface area (Å²) in [5.74, 6) is 1.36. The van der Waals surface area contributed by atoms with Crippen molar-refractivity contribution in [3.8, 4) is 0 Å². The second kappa shape index (κ2) is 3.78. The molecule has 2 unspecified atom stereocenters. The first-order valence-electron chi connectivity index (χ1n) is 5.08. The van der Waals surface area contributed by atoms with Crippen molar-refractivity contribution >= 4 is 0 Å². The van der Waals surface area contributed by atoms with Gasteiger partial charge in [0.05, 0.1) is 0 Å². The fourth-order valence-corrected chi connectivity index (χ4v) is 1.85. The van der Waals surface area contributed by atoms with Gasteiger partial charge in [-0.15, -0.1) is 0 Å². The van der Waals surface area contributed by atoms with Crippen LogP contribution in [0.5, 0.6) is 0 Å². The van der Waals surface area contributed by atoms with Gasteiger partial charge in [0.25, 0.3) is 0 Å². The van der Waals surface area contributed by atoms with E-state index in [1.54, 1.807) is 0 Å². The van der Waals surface area contributed by atoms with E-state index >= 15 is 0 Å². The lowest BCUT2D eigenvalue weighted by molar-refractivity contribution is 0.699. The van der Waals surface area contributed by atoms with Gasteiger partial charge in [-0.1, -0.05) is 49.5 Å². The highest BCUT2D eigenvalue weighted by Crippen LogP contribution is 2.26. The lowest BCUT2D eigenvalue weighted by Crippen LogP contribution is -2.04. The summed E-state index contributed by atoms with van der Waals surface area (Å²) in [5, 5.41) is 0. The lowest BCUT2D eigenvalue weighted by Gasteiger charge is -2.18. The normalized spacial score (nSPS) is 31.9. The molecule has 13 heavy (non-hydrogen) atoms. The van der Waals surface area contributed by atoms with Gasteiger partial charge in [-0.25, -0.2) is 0 Å². The minimum atomic E-state index is 0.633. The van der Waals surface area contributed by atoms with E-state index in [0.29, 0.717) is 5.92 Å². The van der Waals surface area contributed by atoms with Crippen molar-refractivity contribution in [3.05, 3.63) is 48.1 Å². The molecule has 0 aliphatic heterocycles. The summed E-state index contributed by atoms with van der Waals surface area (Å²) in [4.78, 5) is 0. The molecule has 0 saturated heterocycles. The van der Waals surface area contributed by atoms with Crippen LogP contribution in [0.25, 0.3) is 0 Å². The molecular formula is C13H16. The summed E-state index contributed by atoms with van der Waals surface area (Å²) in [6, 6.07) is 0. The first kappa shape index (κ1) is 8.55. The van der Waals surface area contributed by atoms with Crippen LogP contribution in [0.4, 0.5) is 0 Å². The van der Waals surface area contributed by atoms with Gasteiger partial charge in [-0.2, -0.15) is 0 Å². The molecule has 2 aliphatic carbocycles. The van der Waals surface area contributed by atoms with Crippen LogP contribution in [0, 0.1) is 11.8 Å². The molecular weight excluding hydrogens is 156 g/mol. The molecule has 0 aromatic rings. The monoisotopic (exact) mass is 172 g/mol. The van der Waals surface area contributed by atoms with Gasteiger partial charge in [0.1, 0.15) is 0 Å². The molecule has 68 valence electrons. The van der Waals surface area contributed by atoms with Crippen LogP contribution in [-0.2, 0) is 0 Å². The van der Waals surface area contributed by atoms with Crippen LogP contribution in [0.2, 0.25) is 0 Å². The van der Waals surface area contributed by atoms with Crippen molar-refractivity contribution in [1.29, 1.82) is 0 Å². The van der Waals surface area contributed by atoms with Gasteiger partial charge in [0.2, 0.25) is 0 Å². The van der Waals surface area contributed by atoms with Crippen LogP contribution in [-0.4, -0.2) is 0 Å². The largest absolute Gasteiger partial charge is 0.0836 e. The average molecular weight is 172 g/mol. The highest BCUT2D eigenvalue weighted by Gasteiger charge is 2.11. The van der Waals surface area contributed by atoms with Gasteiger partial charge in [0, 0.05) is 5.92 Å². The molecule has 0 saturated carbocycles. The Bertz CT molecular complexity index is 289. The zero-order chi connectivity index (χ0) is 9.10. The fraction of sp³-hybridized carbons (Fsp3) is 0.385. The Balaban J connectivity index is 2.06. The highest BCUT2D eigenvalue weighted by molar-refractivity contribution is 5.32. The van der Waals surface area contributed by atoms with Crippen molar-refractivity contribution in [2.45, 2.75) is 19.8 Å². The van der Waals surface area contributed by atoms with Crippen molar-refractivity contribution in [3.63, 3.8) is 0 Å². The molecule has 0 nitrogen and oxygen atoms in total. The molecule has 2 rings (SSSR count). The molecule has 2 atom stereocenters. The average Bonchev–Trinajstić information content (AvgIpc) is 2.20. The Morgan fingerprint density at radius 3 is 2.69 bits per heavy atom. The van der Waals surface area contributed by atoms with E-state index in [1.807, 2.05) is 0 Å². The summed E-state index contributed by atoms with van der Waals surface area (Å²) in [6.45, 7) is 2.26. The topological polar surface area (TPSA) is 0 Å². The molecule has 0 bridgehead atoms. The smallest absolute Gasteiger partial charge is 0.00524 e. The molecule has 0 fully saturated rings. The second-order valence-corrected chi connectivity index (χ2v) is 3.93. The Morgan fingerprint density at radius 1 is 1.15 bits per heavy atom. The van der Waals surface area contributed by atoms with E-state index in [4.69, 9.17) is 0 Å². The summed E-state index contributed by atoms with van der Waals surface area (Å²) in [5.41, 5.74) is 1.50. The quantitative estimate of drug-likeness (QED) is 0.566. The van der Waals surface area contributed by atoms with E-state index in [9.17, 15) is 0 Å². The Labute approximate surface area is 80.3 Å². The van der Waals surface area contributed by atoms with Crippen molar-refractivity contribution in [1.82, 2.24) is 0 Å². The van der Waals surface area contributed by atoms with Gasteiger partial charge in [0.15, 0.2) is 0 Å². The third-order valence-corrected chi connectivity index (χ3v) is 2.75. The number of allylic oxidation sites excluding steroid dienone is 8. The molecule has 2 aliphatic rings. The van der Waals surface area contributed by atoms with Crippen molar-refractivity contribution < 1.29 is 0 Å². The molecule has 0 heterocycles. The summed E-state index contributed by atoms with van der Waals surface area (Å²) in [7, 11) is 0. The van der Waals surface area contributed by atoms with Gasteiger partial charge in [-0.3, -0.25) is 0 Å². The van der Waals surface area contributed by atoms with Gasteiger partial charge in [-0.05, 0) is 24.3 Å². The molecule has 0 amide bonds.